The normalized spacial score (nSPS) is 27.9. The summed E-state index contributed by atoms with van der Waals surface area (Å²) >= 11 is 0. The molecule has 1 aromatic heterocycles. The summed E-state index contributed by atoms with van der Waals surface area (Å²) in [5, 5.41) is 2.94. The van der Waals surface area contributed by atoms with Crippen LogP contribution in [0, 0.1) is 5.92 Å². The molecule has 3 heterocycles. The number of imidazole rings is 1. The number of fused-ring (bicyclic) bond motifs is 1. The van der Waals surface area contributed by atoms with Crippen molar-refractivity contribution in [3.8, 4) is 0 Å². The molecule has 3 aliphatic rings. The van der Waals surface area contributed by atoms with Gasteiger partial charge in [-0.3, -0.25) is 14.5 Å². The first kappa shape index (κ1) is 20.3. The molecule has 160 valence electrons. The van der Waals surface area contributed by atoms with E-state index in [1.54, 1.807) is 17.4 Å². The van der Waals surface area contributed by atoms with Gasteiger partial charge in [0, 0.05) is 57.4 Å². The van der Waals surface area contributed by atoms with Crippen molar-refractivity contribution in [2.75, 3.05) is 25.9 Å². The van der Waals surface area contributed by atoms with Crippen LogP contribution in [0.2, 0.25) is 0 Å². The predicted molar refractivity (Wildman–Crippen MR) is 105 cm³/mol. The third-order valence-corrected chi connectivity index (χ3v) is 6.71. The van der Waals surface area contributed by atoms with Crippen LogP contribution in [0.5, 0.6) is 0 Å². The smallest absolute Gasteiger partial charge is 0.242 e. The maximum Gasteiger partial charge on any atom is 0.242 e. The van der Waals surface area contributed by atoms with Gasteiger partial charge in [0.1, 0.15) is 6.04 Å². The predicted octanol–water partition coefficient (Wildman–Crippen LogP) is -1.35. The fraction of sp³-hybridized carbons (Fsp3) is 0.722. The number of piperazine rings is 1. The topological polar surface area (TPSA) is 117 Å². The zero-order valence-electron chi connectivity index (χ0n) is 16.7. The Morgan fingerprint density at radius 3 is 2.69 bits per heavy atom. The van der Waals surface area contributed by atoms with Crippen molar-refractivity contribution < 1.29 is 18.0 Å². The Balaban J connectivity index is 1.50. The Labute approximate surface area is 170 Å². The van der Waals surface area contributed by atoms with Crippen molar-refractivity contribution in [2.24, 2.45) is 13.0 Å². The molecule has 2 N–H and O–H groups in total. The first-order chi connectivity index (χ1) is 13.7. The molecule has 3 fully saturated rings. The van der Waals surface area contributed by atoms with E-state index in [0.29, 0.717) is 26.1 Å². The molecule has 0 aromatic carbocycles. The van der Waals surface area contributed by atoms with Crippen molar-refractivity contribution in [2.45, 2.75) is 43.9 Å². The molecule has 11 heteroatoms. The molecular formula is C18H28N6O4S. The number of amides is 2. The Bertz CT molecular complexity index is 896. The van der Waals surface area contributed by atoms with Crippen LogP contribution in [-0.2, 0) is 33.2 Å². The number of rotatable bonds is 7. The van der Waals surface area contributed by atoms with Gasteiger partial charge in [-0.1, -0.05) is 0 Å². The van der Waals surface area contributed by atoms with Crippen molar-refractivity contribution in [1.82, 2.24) is 29.4 Å². The Kier molecular flexibility index (Phi) is 5.38. The lowest BCUT2D eigenvalue weighted by molar-refractivity contribution is -0.144. The lowest BCUT2D eigenvalue weighted by atomic mass is 10.0. The van der Waals surface area contributed by atoms with E-state index in [1.165, 1.54) is 0 Å². The van der Waals surface area contributed by atoms with Crippen LogP contribution in [-0.4, -0.2) is 83.6 Å². The largest absolute Gasteiger partial charge is 0.354 e. The van der Waals surface area contributed by atoms with Gasteiger partial charge < -0.3 is 14.8 Å². The average molecular weight is 425 g/mol. The molecule has 1 aromatic rings. The molecule has 4 rings (SSSR count). The molecule has 2 saturated heterocycles. The number of aryl methyl sites for hydroxylation is 1. The number of nitrogens with one attached hydrogen (secondary N) is 2. The minimum Gasteiger partial charge on any atom is -0.354 e. The van der Waals surface area contributed by atoms with Crippen LogP contribution in [0.25, 0.3) is 0 Å². The highest BCUT2D eigenvalue weighted by molar-refractivity contribution is 7.88. The van der Waals surface area contributed by atoms with Crippen molar-refractivity contribution in [3.63, 3.8) is 0 Å². The second-order valence-corrected chi connectivity index (χ2v) is 10.2. The SMILES string of the molecule is Cn1cncc1CN1C[C@@H]2C[C@H](NS(C)(=O)=O)CN2C(=O)[C@@H]1CNC(=O)C1CC1. The number of hydrogen-bond acceptors (Lipinski definition) is 6. The molecule has 3 atom stereocenters. The van der Waals surface area contributed by atoms with Crippen molar-refractivity contribution >= 4 is 21.8 Å². The molecule has 0 bridgehead atoms. The summed E-state index contributed by atoms with van der Waals surface area (Å²) in [5.74, 6) is 0.0397. The van der Waals surface area contributed by atoms with Crippen LogP contribution in [0.4, 0.5) is 0 Å². The van der Waals surface area contributed by atoms with Crippen molar-refractivity contribution in [3.05, 3.63) is 18.2 Å². The summed E-state index contributed by atoms with van der Waals surface area (Å²) < 4.78 is 27.8. The highest BCUT2D eigenvalue weighted by Crippen LogP contribution is 2.30. The molecule has 0 spiro atoms. The summed E-state index contributed by atoms with van der Waals surface area (Å²) in [6, 6.07) is -0.802. The third kappa shape index (κ3) is 4.62. The highest BCUT2D eigenvalue weighted by Gasteiger charge is 2.46. The summed E-state index contributed by atoms with van der Waals surface area (Å²) in [5.41, 5.74) is 0.980. The van der Waals surface area contributed by atoms with Crippen LogP contribution in [0.1, 0.15) is 25.0 Å². The van der Waals surface area contributed by atoms with Gasteiger partial charge in [-0.2, -0.15) is 0 Å². The van der Waals surface area contributed by atoms with Gasteiger partial charge in [0.2, 0.25) is 21.8 Å². The average Bonchev–Trinajstić information content (AvgIpc) is 3.30. The molecule has 0 unspecified atom stereocenters. The number of hydrogen-bond donors (Lipinski definition) is 2. The third-order valence-electron chi connectivity index (χ3n) is 5.95. The molecule has 29 heavy (non-hydrogen) atoms. The number of aromatic nitrogens is 2. The number of carbonyl (C=O) groups is 2. The zero-order valence-corrected chi connectivity index (χ0v) is 17.6. The second-order valence-electron chi connectivity index (χ2n) is 8.43. The summed E-state index contributed by atoms with van der Waals surface area (Å²) in [6.45, 7) is 1.80. The Morgan fingerprint density at radius 2 is 2.07 bits per heavy atom. The molecule has 2 amide bonds. The van der Waals surface area contributed by atoms with E-state index in [2.05, 4.69) is 19.9 Å². The lowest BCUT2D eigenvalue weighted by Gasteiger charge is -2.42. The summed E-state index contributed by atoms with van der Waals surface area (Å²) in [6.07, 6.45) is 7.05. The van der Waals surface area contributed by atoms with E-state index in [9.17, 15) is 18.0 Å². The summed E-state index contributed by atoms with van der Waals surface area (Å²) in [4.78, 5) is 33.4. The van der Waals surface area contributed by atoms with Gasteiger partial charge >= 0.3 is 0 Å². The number of sulfonamides is 1. The van der Waals surface area contributed by atoms with Crippen LogP contribution in [0.15, 0.2) is 12.5 Å². The van der Waals surface area contributed by atoms with Gasteiger partial charge in [0.15, 0.2) is 0 Å². The van der Waals surface area contributed by atoms with E-state index < -0.39 is 16.1 Å². The molecule has 2 aliphatic heterocycles. The molecule has 1 aliphatic carbocycles. The minimum atomic E-state index is -3.34. The van der Waals surface area contributed by atoms with Crippen LogP contribution in [0.3, 0.4) is 0 Å². The van der Waals surface area contributed by atoms with Gasteiger partial charge in [-0.15, -0.1) is 0 Å². The Hall–Kier alpha value is -1.98. The molecule has 1 saturated carbocycles. The number of carbonyl (C=O) groups excluding carboxylic acids is 2. The van der Waals surface area contributed by atoms with E-state index in [1.807, 2.05) is 11.6 Å². The quantitative estimate of drug-likeness (QED) is 0.559. The van der Waals surface area contributed by atoms with E-state index in [0.717, 1.165) is 24.8 Å². The Morgan fingerprint density at radius 1 is 1.31 bits per heavy atom. The molecule has 0 radical (unpaired) electrons. The van der Waals surface area contributed by atoms with Gasteiger partial charge in [0.05, 0.1) is 18.3 Å². The minimum absolute atomic E-state index is 0.0125. The van der Waals surface area contributed by atoms with Gasteiger partial charge in [0.25, 0.3) is 0 Å². The number of nitrogens with zero attached hydrogens (tertiary/aromatic N) is 4. The van der Waals surface area contributed by atoms with Crippen molar-refractivity contribution in [1.29, 1.82) is 0 Å². The first-order valence-electron chi connectivity index (χ1n) is 9.96. The van der Waals surface area contributed by atoms with E-state index >= 15 is 0 Å². The zero-order chi connectivity index (χ0) is 20.8. The summed E-state index contributed by atoms with van der Waals surface area (Å²) in [7, 11) is -1.43. The fourth-order valence-electron chi connectivity index (χ4n) is 4.32. The first-order valence-corrected chi connectivity index (χ1v) is 11.8. The van der Waals surface area contributed by atoms with E-state index in [4.69, 9.17) is 0 Å². The fourth-order valence-corrected chi connectivity index (χ4v) is 5.09. The van der Waals surface area contributed by atoms with E-state index in [-0.39, 0.29) is 36.4 Å². The maximum absolute atomic E-state index is 13.3. The maximum atomic E-state index is 13.3. The molecule has 10 nitrogen and oxygen atoms in total. The highest BCUT2D eigenvalue weighted by atomic mass is 32.2. The van der Waals surface area contributed by atoms with Crippen LogP contribution < -0.4 is 10.0 Å². The van der Waals surface area contributed by atoms with Crippen LogP contribution >= 0.6 is 0 Å². The molecular weight excluding hydrogens is 396 g/mol. The second kappa shape index (κ2) is 7.69. The van der Waals surface area contributed by atoms with Gasteiger partial charge in [-0.25, -0.2) is 18.1 Å². The lowest BCUT2D eigenvalue weighted by Crippen LogP contribution is -2.62. The van der Waals surface area contributed by atoms with Gasteiger partial charge in [-0.05, 0) is 19.3 Å². The standard InChI is InChI=1S/C18H28N6O4S/c1-22-11-19-6-15(22)10-23-9-14-5-13(21-29(2,27)28)8-24(14)18(26)16(23)7-20-17(25)12-3-4-12/h6,11-14,16,21H,3-5,7-10H2,1-2H3,(H,20,25)/t13-,14-,16-/m0/s1. The monoisotopic (exact) mass is 424 g/mol.